The predicted molar refractivity (Wildman–Crippen MR) is 315 cm³/mol. The van der Waals surface area contributed by atoms with Crippen molar-refractivity contribution in [3.8, 4) is 6.19 Å². The monoisotopic (exact) mass is 1280 g/mol. The molecule has 0 bridgehead atoms. The number of ether oxygens (including phenoxy) is 1. The second kappa shape index (κ2) is 37.7. The van der Waals surface area contributed by atoms with Crippen LogP contribution < -0.4 is 26.6 Å². The van der Waals surface area contributed by atoms with Gasteiger partial charge in [0.2, 0.25) is 6.19 Å². The van der Waals surface area contributed by atoms with Crippen molar-refractivity contribution in [3.63, 3.8) is 0 Å². The second-order valence-corrected chi connectivity index (χ2v) is 21.7. The van der Waals surface area contributed by atoms with E-state index in [1.54, 1.807) is 74.7 Å². The summed E-state index contributed by atoms with van der Waals surface area (Å²) in [7, 11) is 8.48. The van der Waals surface area contributed by atoms with Crippen molar-refractivity contribution in [1.82, 2.24) is 71.0 Å². The Hall–Kier alpha value is -7.30. The number of aromatic nitrogens is 4. The molecule has 446 valence electrons. The summed E-state index contributed by atoms with van der Waals surface area (Å²) >= 11 is 27.1. The molecule has 39 heteroatoms. The van der Waals surface area contributed by atoms with Crippen LogP contribution in [-0.2, 0) is 30.9 Å². The third-order valence-corrected chi connectivity index (χ3v) is 14.1. The van der Waals surface area contributed by atoms with E-state index in [2.05, 4.69) is 71.7 Å². The van der Waals surface area contributed by atoms with Crippen LogP contribution >= 0.6 is 80.8 Å². The van der Waals surface area contributed by atoms with Gasteiger partial charge in [0.05, 0.1) is 38.0 Å². The number of guanidine groups is 3. The number of nitro groups is 4. The molecule has 0 aliphatic carbocycles. The molecule has 0 aromatic carbocycles. The molecule has 82 heavy (non-hydrogen) atoms. The summed E-state index contributed by atoms with van der Waals surface area (Å²) in [5, 5.41) is 72.6. The fraction of sp³-hybridized carbons (Fsp3) is 0.465. The Balaban J connectivity index is 0.000000270. The maximum Gasteiger partial charge on any atom is 0.276 e. The van der Waals surface area contributed by atoms with Gasteiger partial charge in [-0.2, -0.15) is 5.26 Å². The summed E-state index contributed by atoms with van der Waals surface area (Å²) in [5.41, 5.74) is 2.00. The van der Waals surface area contributed by atoms with Gasteiger partial charge in [0, 0.05) is 114 Å². The smallest absolute Gasteiger partial charge is 0.276 e. The molecule has 0 amide bonds. The van der Waals surface area contributed by atoms with E-state index < -0.39 is 20.0 Å². The number of hydrazone groups is 3. The van der Waals surface area contributed by atoms with Crippen LogP contribution in [0.1, 0.15) is 34.2 Å². The molecule has 5 N–H and O–H groups in total. The number of nitriles is 1. The Morgan fingerprint density at radius 2 is 1.43 bits per heavy atom. The highest BCUT2D eigenvalue weighted by Crippen LogP contribution is 2.23. The van der Waals surface area contributed by atoms with Gasteiger partial charge in [-0.05, 0) is 43.7 Å². The molecule has 1 unspecified atom stereocenters. The number of nitrogens with zero attached hydrogens (tertiary/aromatic N) is 18. The van der Waals surface area contributed by atoms with Crippen molar-refractivity contribution >= 4 is 104 Å². The highest BCUT2D eigenvalue weighted by atomic mass is 35.5. The lowest BCUT2D eigenvalue weighted by atomic mass is 10.1. The summed E-state index contributed by atoms with van der Waals surface area (Å²) < 4.78 is 6.06. The van der Waals surface area contributed by atoms with Gasteiger partial charge in [-0.1, -0.05) is 70.3 Å². The summed E-state index contributed by atoms with van der Waals surface area (Å²) in [5.74, 6) is 2.46. The lowest BCUT2D eigenvalue weighted by Gasteiger charge is -2.39. The SMILES string of the molecule is CCN(Cc1ccc(Cl)nc1)/C(=C/[N+](=O)[O-])NC.CN/C(=N\[N+](=O)[O-])NCC1CCOC1.CN/C(=N\[N+](=O)[O-])NCc1cnc(Cl)s1.CN1CN(C)/C(=N\[N+](=O)[O-])N(Cc2cnc(Cl)s2)C1.N#CN=C1SCCN1Cc1ccc(Cl)nc1. The lowest BCUT2D eigenvalue weighted by Crippen LogP contribution is -2.55. The Kier molecular flexibility index (Phi) is 31.7. The fourth-order valence-corrected chi connectivity index (χ4v) is 9.99. The number of pyridine rings is 2. The number of thiazole rings is 2. The first-order chi connectivity index (χ1) is 39.1. The van der Waals surface area contributed by atoms with Crippen molar-refractivity contribution in [2.24, 2.45) is 26.2 Å². The highest BCUT2D eigenvalue weighted by molar-refractivity contribution is 8.14. The first kappa shape index (κ1) is 69.0. The average molecular weight is 1280 g/mol. The van der Waals surface area contributed by atoms with Gasteiger partial charge >= 0.3 is 0 Å². The largest absolute Gasteiger partial charge is 0.381 e. The van der Waals surface area contributed by atoms with E-state index in [0.29, 0.717) is 89.6 Å². The normalized spacial score (nSPS) is 16.2. The summed E-state index contributed by atoms with van der Waals surface area (Å²) in [6, 6.07) is 7.24. The van der Waals surface area contributed by atoms with E-state index >= 15 is 0 Å². The molecule has 3 aliphatic rings. The molecular formula is C43H59Cl4N23O9S3. The van der Waals surface area contributed by atoms with Crippen molar-refractivity contribution < 1.29 is 24.8 Å². The van der Waals surface area contributed by atoms with Crippen molar-refractivity contribution in [3.05, 3.63) is 142 Å². The van der Waals surface area contributed by atoms with E-state index in [1.807, 2.05) is 47.0 Å². The molecule has 3 saturated heterocycles. The molecule has 32 nitrogen and oxygen atoms in total. The molecule has 0 radical (unpaired) electrons. The maximum absolute atomic E-state index is 10.6. The molecule has 7 heterocycles. The van der Waals surface area contributed by atoms with Crippen LogP contribution in [-0.4, -0.2) is 175 Å². The van der Waals surface area contributed by atoms with Crippen molar-refractivity contribution in [2.75, 3.05) is 87.2 Å². The standard InChI is InChI=1S/C11H15ClN4O2.C10H9ClN4S.C9H13ClN6O2S.C7H14N4O3.C6H8ClN5O2S/c1-3-15(11(13-2)8-16(17)18)7-9-4-5-10(12)14-6-9;11-9-2-1-8(5-13-9)6-15-3-4-16-10(15)14-7-12;1-13-5-14(2)9(12-16(17)18)15(6-13)4-7-3-11-8(10)19-7;1-8-7(10-11(12)13)9-4-6-2-3-14-5-6;1-8-6(11-12(13)14)10-3-4-2-9-5(7)15-4/h4-6,8,13H,3,7H2,1-2H3;1-2,5H,3-4,6H2;3H,4-6H2,1-2H3;6H,2-5H2,1H3,(H2,8,9,10);2H,3H2,1H3,(H2,8,10,11)/b11-8+;;12-9+;;. The molecule has 0 saturated carbocycles. The number of amidine groups is 1. The molecule has 3 aliphatic heterocycles. The van der Waals surface area contributed by atoms with Crippen molar-refractivity contribution in [1.29, 1.82) is 5.26 Å². The van der Waals surface area contributed by atoms with Crippen LogP contribution in [0.4, 0.5) is 0 Å². The number of rotatable bonds is 17. The van der Waals surface area contributed by atoms with Gasteiger partial charge in [0.25, 0.3) is 24.1 Å². The van der Waals surface area contributed by atoms with E-state index in [0.717, 1.165) is 64.1 Å². The minimum atomic E-state index is -0.779. The first-order valence-corrected chi connectivity index (χ1v) is 28.1. The minimum Gasteiger partial charge on any atom is -0.381 e. The molecule has 1 atom stereocenters. The number of hydrogen-bond acceptors (Lipinski definition) is 21. The molecular weight excluding hydrogens is 1220 g/mol. The Morgan fingerprint density at radius 1 is 0.817 bits per heavy atom. The van der Waals surface area contributed by atoms with Gasteiger partial charge in [-0.15, -0.1) is 27.7 Å². The van der Waals surface area contributed by atoms with Gasteiger partial charge in [-0.25, -0.2) is 50.3 Å². The molecule has 7 rings (SSSR count). The number of aliphatic imine (C=N–C) groups is 1. The third kappa shape index (κ3) is 27.4. The van der Waals surface area contributed by atoms with Gasteiger partial charge in [0.15, 0.2) is 35.0 Å². The Bertz CT molecular complexity index is 2860. The van der Waals surface area contributed by atoms with E-state index in [4.69, 9.17) is 56.4 Å². The summed E-state index contributed by atoms with van der Waals surface area (Å²) in [6.07, 6.45) is 10.4. The first-order valence-electron chi connectivity index (χ1n) is 23.9. The minimum absolute atomic E-state index is 0.0875. The van der Waals surface area contributed by atoms with Crippen LogP contribution in [0.25, 0.3) is 0 Å². The van der Waals surface area contributed by atoms with Crippen molar-refractivity contribution in [2.45, 2.75) is 39.5 Å². The molecule has 4 aromatic heterocycles. The number of hydrogen-bond donors (Lipinski definition) is 5. The highest BCUT2D eigenvalue weighted by Gasteiger charge is 2.28. The average Bonchev–Trinajstić information content (AvgIpc) is 4.35. The van der Waals surface area contributed by atoms with E-state index in [1.165, 1.54) is 29.7 Å². The van der Waals surface area contributed by atoms with Crippen LogP contribution in [0.2, 0.25) is 19.2 Å². The van der Waals surface area contributed by atoms with Gasteiger partial charge < -0.3 is 50.9 Å². The molecule has 3 fully saturated rings. The Morgan fingerprint density at radius 3 is 1.91 bits per heavy atom. The van der Waals surface area contributed by atoms with E-state index in [9.17, 15) is 40.5 Å². The number of halogens is 4. The fourth-order valence-electron chi connectivity index (χ4n) is 6.92. The number of thioether (sulfide) groups is 1. The van der Waals surface area contributed by atoms with Crippen LogP contribution in [0.5, 0.6) is 0 Å². The van der Waals surface area contributed by atoms with Crippen LogP contribution in [0, 0.1) is 57.8 Å². The predicted octanol–water partition coefficient (Wildman–Crippen LogP) is 4.94. The van der Waals surface area contributed by atoms with Crippen LogP contribution in [0.3, 0.4) is 0 Å². The quantitative estimate of drug-likeness (QED) is 0.0233. The molecule has 0 spiro atoms. The summed E-state index contributed by atoms with van der Waals surface area (Å²) in [4.78, 5) is 71.7. The lowest BCUT2D eigenvalue weighted by molar-refractivity contribution is -0.486. The molecule has 4 aromatic rings. The zero-order valence-corrected chi connectivity index (χ0v) is 50.4. The maximum atomic E-state index is 10.6. The van der Waals surface area contributed by atoms with E-state index in [-0.39, 0.29) is 11.9 Å². The van der Waals surface area contributed by atoms with Crippen LogP contribution in [0.15, 0.2) is 81.4 Å². The summed E-state index contributed by atoms with van der Waals surface area (Å²) in [6.45, 7) is 8.89. The Labute approximate surface area is 502 Å². The number of nitrogens with one attached hydrogen (secondary N) is 5. The van der Waals surface area contributed by atoms with Gasteiger partial charge in [0.1, 0.15) is 25.6 Å². The third-order valence-electron chi connectivity index (χ3n) is 10.4. The second-order valence-electron chi connectivity index (χ2n) is 16.5. The van der Waals surface area contributed by atoms with Gasteiger partial charge in [-0.3, -0.25) is 15.0 Å². The topological polar surface area (TPSA) is 383 Å². The zero-order chi connectivity index (χ0) is 60.6. The zero-order valence-electron chi connectivity index (χ0n) is 44.9.